The van der Waals surface area contributed by atoms with Crippen molar-refractivity contribution in [3.05, 3.63) is 95.1 Å². The third-order valence-electron chi connectivity index (χ3n) is 4.02. The van der Waals surface area contributed by atoms with Gasteiger partial charge in [-0.3, -0.25) is 9.69 Å². The molecule has 144 valence electrons. The number of ketones is 1. The fraction of sp³-hybridized carbons (Fsp3) is 0.136. The van der Waals surface area contributed by atoms with E-state index in [0.717, 1.165) is 16.7 Å². The molecule has 0 bridgehead atoms. The molecule has 3 aromatic carbocycles. The first kappa shape index (κ1) is 19.9. The Kier molecular flexibility index (Phi) is 5.98. The van der Waals surface area contributed by atoms with E-state index in [1.807, 2.05) is 50.2 Å². The maximum Gasteiger partial charge on any atom is 0.584 e. The Labute approximate surface area is 164 Å². The van der Waals surface area contributed by atoms with Crippen LogP contribution in [0.5, 0.6) is 11.5 Å². The van der Waals surface area contributed by atoms with Crippen LogP contribution in [-0.4, -0.2) is 10.7 Å². The van der Waals surface area contributed by atoms with Crippen LogP contribution < -0.4 is 9.05 Å². The molecule has 28 heavy (non-hydrogen) atoms. The molecule has 0 fully saturated rings. The molecule has 0 aromatic heterocycles. The number of phosphoric ester groups is 1. The lowest BCUT2D eigenvalue weighted by Gasteiger charge is -2.15. The summed E-state index contributed by atoms with van der Waals surface area (Å²) in [5, 5.41) is 0. The predicted octanol–water partition coefficient (Wildman–Crippen LogP) is 5.29. The third kappa shape index (κ3) is 5.56. The summed E-state index contributed by atoms with van der Waals surface area (Å²) in [5.74, 6) is 0.362. The van der Waals surface area contributed by atoms with E-state index in [-0.39, 0.29) is 23.7 Å². The van der Waals surface area contributed by atoms with Crippen molar-refractivity contribution in [3.8, 4) is 11.5 Å². The molecule has 1 N–H and O–H groups in total. The van der Waals surface area contributed by atoms with Gasteiger partial charge in [-0.05, 0) is 66.9 Å². The summed E-state index contributed by atoms with van der Waals surface area (Å²) < 4.78 is 22.5. The minimum atomic E-state index is -4.35. The predicted molar refractivity (Wildman–Crippen MR) is 108 cm³/mol. The number of aryl methyl sites for hydroxylation is 2. The third-order valence-corrected chi connectivity index (χ3v) is 4.90. The normalized spacial score (nSPS) is 12.8. The summed E-state index contributed by atoms with van der Waals surface area (Å²) in [6, 6.07) is 20.8. The van der Waals surface area contributed by atoms with Crippen molar-refractivity contribution >= 4 is 13.6 Å². The Morgan fingerprint density at radius 3 is 2.04 bits per heavy atom. The lowest BCUT2D eigenvalue weighted by molar-refractivity contribution is 0.0993. The second-order valence-corrected chi connectivity index (χ2v) is 7.89. The fourth-order valence-corrected chi connectivity index (χ4v) is 3.65. The van der Waals surface area contributed by atoms with Gasteiger partial charge in [0.25, 0.3) is 0 Å². The minimum absolute atomic E-state index is 0.0450. The van der Waals surface area contributed by atoms with Gasteiger partial charge in [0.1, 0.15) is 11.5 Å². The highest BCUT2D eigenvalue weighted by atomic mass is 31.2. The molecule has 0 aliphatic rings. The van der Waals surface area contributed by atoms with E-state index in [1.54, 1.807) is 24.3 Å². The quantitative estimate of drug-likeness (QED) is 0.434. The summed E-state index contributed by atoms with van der Waals surface area (Å²) in [4.78, 5) is 22.4. The number of phosphoric acid groups is 1. The Balaban J connectivity index is 1.65. The van der Waals surface area contributed by atoms with Gasteiger partial charge in [0.2, 0.25) is 0 Å². The molecule has 0 saturated carbocycles. The Hall–Kier alpha value is -2.88. The molecule has 0 amide bonds. The zero-order valence-corrected chi connectivity index (χ0v) is 16.6. The fourth-order valence-electron chi connectivity index (χ4n) is 2.86. The first-order valence-corrected chi connectivity index (χ1v) is 10.3. The van der Waals surface area contributed by atoms with Crippen LogP contribution in [0.3, 0.4) is 0 Å². The van der Waals surface area contributed by atoms with Crippen molar-refractivity contribution in [1.29, 1.82) is 0 Å². The van der Waals surface area contributed by atoms with Crippen molar-refractivity contribution in [3.63, 3.8) is 0 Å². The van der Waals surface area contributed by atoms with E-state index in [0.29, 0.717) is 5.56 Å². The number of hydrogen-bond acceptors (Lipinski definition) is 4. The van der Waals surface area contributed by atoms with E-state index < -0.39 is 7.82 Å². The molecular formula is C22H21O5P. The van der Waals surface area contributed by atoms with Crippen LogP contribution in [0, 0.1) is 13.8 Å². The number of Topliss-reactive ketones (excluding diaryl/α,β-unsaturated/α-hetero) is 1. The van der Waals surface area contributed by atoms with Gasteiger partial charge in [-0.2, -0.15) is 0 Å². The van der Waals surface area contributed by atoms with E-state index in [1.165, 1.54) is 12.1 Å². The van der Waals surface area contributed by atoms with E-state index in [4.69, 9.17) is 9.05 Å². The van der Waals surface area contributed by atoms with Crippen molar-refractivity contribution in [2.45, 2.75) is 20.3 Å². The second-order valence-electron chi connectivity index (χ2n) is 6.58. The van der Waals surface area contributed by atoms with Crippen LogP contribution in [0.2, 0.25) is 0 Å². The van der Waals surface area contributed by atoms with Gasteiger partial charge < -0.3 is 9.05 Å². The van der Waals surface area contributed by atoms with Gasteiger partial charge in [0, 0.05) is 12.0 Å². The molecule has 0 aliphatic heterocycles. The smallest absolute Gasteiger partial charge is 0.395 e. The van der Waals surface area contributed by atoms with Crippen LogP contribution in [-0.2, 0) is 11.0 Å². The molecular weight excluding hydrogens is 375 g/mol. The number of carbonyl (C=O) groups excluding carboxylic acids is 1. The molecule has 6 heteroatoms. The van der Waals surface area contributed by atoms with Crippen LogP contribution in [0.15, 0.2) is 72.8 Å². The van der Waals surface area contributed by atoms with Crippen molar-refractivity contribution in [2.75, 3.05) is 0 Å². The number of carbonyl (C=O) groups is 1. The number of rotatable bonds is 7. The van der Waals surface area contributed by atoms with Crippen LogP contribution >= 0.6 is 7.82 Å². The monoisotopic (exact) mass is 396 g/mol. The number of benzene rings is 3. The largest absolute Gasteiger partial charge is 0.584 e. The van der Waals surface area contributed by atoms with Gasteiger partial charge in [-0.1, -0.05) is 36.4 Å². The van der Waals surface area contributed by atoms with Crippen LogP contribution in [0.25, 0.3) is 0 Å². The summed E-state index contributed by atoms with van der Waals surface area (Å²) in [6.07, 6.45) is 0.287. The Bertz CT molecular complexity index is 993. The minimum Gasteiger partial charge on any atom is -0.395 e. The molecule has 0 saturated heterocycles. The topological polar surface area (TPSA) is 72.8 Å². The van der Waals surface area contributed by atoms with Gasteiger partial charge in [0.05, 0.1) is 0 Å². The summed E-state index contributed by atoms with van der Waals surface area (Å²) in [7, 11) is -4.35. The van der Waals surface area contributed by atoms with Crippen molar-refractivity contribution in [2.24, 2.45) is 0 Å². The first-order chi connectivity index (χ1) is 13.3. The zero-order chi connectivity index (χ0) is 20.1. The highest BCUT2D eigenvalue weighted by molar-refractivity contribution is 7.48. The number of hydrogen-bond donors (Lipinski definition) is 1. The molecule has 0 heterocycles. The molecule has 0 spiro atoms. The van der Waals surface area contributed by atoms with Crippen LogP contribution in [0.4, 0.5) is 0 Å². The van der Waals surface area contributed by atoms with Crippen molar-refractivity contribution < 1.29 is 23.3 Å². The summed E-state index contributed by atoms with van der Waals surface area (Å²) in [5.41, 5.74) is 3.25. The van der Waals surface area contributed by atoms with Crippen molar-refractivity contribution in [1.82, 2.24) is 0 Å². The highest BCUT2D eigenvalue weighted by Crippen LogP contribution is 2.44. The Morgan fingerprint density at radius 2 is 1.43 bits per heavy atom. The van der Waals surface area contributed by atoms with Gasteiger partial charge in [-0.25, -0.2) is 4.57 Å². The van der Waals surface area contributed by atoms with E-state index in [9.17, 15) is 14.3 Å². The average molecular weight is 396 g/mol. The van der Waals surface area contributed by atoms with Gasteiger partial charge >= 0.3 is 7.82 Å². The van der Waals surface area contributed by atoms with Gasteiger partial charge in [-0.15, -0.1) is 0 Å². The summed E-state index contributed by atoms with van der Waals surface area (Å²) in [6.45, 7) is 3.74. The molecule has 3 rings (SSSR count). The van der Waals surface area contributed by atoms with Crippen LogP contribution in [0.1, 0.15) is 27.0 Å². The zero-order valence-electron chi connectivity index (χ0n) is 15.7. The lowest BCUT2D eigenvalue weighted by atomic mass is 10.0. The highest BCUT2D eigenvalue weighted by Gasteiger charge is 2.25. The molecule has 1 atom stereocenters. The maximum absolute atomic E-state index is 12.3. The standard InChI is InChI=1S/C22H21O5P/c1-16-12-17(2)14-21(13-16)27-28(24,25)26-20-10-8-19(9-11-20)22(23)15-18-6-4-3-5-7-18/h3-14H,15H2,1-2H3,(H,24,25). The molecule has 0 aliphatic carbocycles. The first-order valence-electron chi connectivity index (χ1n) is 8.78. The second kappa shape index (κ2) is 8.42. The molecule has 1 unspecified atom stereocenters. The van der Waals surface area contributed by atoms with E-state index in [2.05, 4.69) is 0 Å². The molecule has 3 aromatic rings. The molecule has 0 radical (unpaired) electrons. The maximum atomic E-state index is 12.3. The lowest BCUT2D eigenvalue weighted by Crippen LogP contribution is -2.04. The van der Waals surface area contributed by atoms with E-state index >= 15 is 0 Å². The average Bonchev–Trinajstić information content (AvgIpc) is 2.61. The van der Waals surface area contributed by atoms with Gasteiger partial charge in [0.15, 0.2) is 5.78 Å². The Morgan fingerprint density at radius 1 is 0.857 bits per heavy atom. The SMILES string of the molecule is Cc1cc(C)cc(OP(=O)(O)Oc2ccc(C(=O)Cc3ccccc3)cc2)c1. The summed E-state index contributed by atoms with van der Waals surface area (Å²) >= 11 is 0. The molecule has 5 nitrogen and oxygen atoms in total.